The average Bonchev–Trinajstić information content (AvgIpc) is 2.16. The Hall–Kier alpha value is -1.57. The lowest BCUT2D eigenvalue weighted by Gasteiger charge is -2.04. The van der Waals surface area contributed by atoms with Gasteiger partial charge in [0.15, 0.2) is 0 Å². The van der Waals surface area contributed by atoms with Crippen molar-refractivity contribution in [3.63, 3.8) is 0 Å². The Labute approximate surface area is 83.9 Å². The van der Waals surface area contributed by atoms with Crippen molar-refractivity contribution < 1.29 is 9.90 Å². The third kappa shape index (κ3) is 2.73. The Balaban J connectivity index is 2.58. The summed E-state index contributed by atoms with van der Waals surface area (Å²) in [7, 11) is 0. The molecule has 0 unspecified atom stereocenters. The third-order valence-electron chi connectivity index (χ3n) is 2.26. The van der Waals surface area contributed by atoms with Crippen molar-refractivity contribution in [1.29, 1.82) is 0 Å². The zero-order valence-electron chi connectivity index (χ0n) is 8.29. The Kier molecular flexibility index (Phi) is 3.46. The molecule has 0 heterocycles. The van der Waals surface area contributed by atoms with E-state index in [0.29, 0.717) is 6.42 Å². The second kappa shape index (κ2) is 4.61. The molecular formula is C12H14O2. The van der Waals surface area contributed by atoms with E-state index in [1.807, 2.05) is 31.2 Å². The summed E-state index contributed by atoms with van der Waals surface area (Å²) in [6, 6.07) is 7.99. The molecule has 0 spiro atoms. The number of carbonyl (C=O) groups is 1. The van der Waals surface area contributed by atoms with Crippen molar-refractivity contribution in [2.45, 2.75) is 19.8 Å². The van der Waals surface area contributed by atoms with Gasteiger partial charge in [0.1, 0.15) is 0 Å². The molecule has 0 aromatic heterocycles. The first kappa shape index (κ1) is 10.5. The van der Waals surface area contributed by atoms with E-state index in [2.05, 4.69) is 6.58 Å². The summed E-state index contributed by atoms with van der Waals surface area (Å²) in [6.07, 6.45) is 1.26. The Bertz CT molecular complexity index is 353. The van der Waals surface area contributed by atoms with Gasteiger partial charge in [-0.1, -0.05) is 30.8 Å². The van der Waals surface area contributed by atoms with Gasteiger partial charge in [0.2, 0.25) is 0 Å². The fourth-order valence-electron chi connectivity index (χ4n) is 1.28. The first-order valence-electron chi connectivity index (χ1n) is 4.57. The van der Waals surface area contributed by atoms with Crippen molar-refractivity contribution in [3.8, 4) is 0 Å². The van der Waals surface area contributed by atoms with Gasteiger partial charge in [0.25, 0.3) is 0 Å². The van der Waals surface area contributed by atoms with Crippen LogP contribution in [0.25, 0.3) is 0 Å². The largest absolute Gasteiger partial charge is 0.478 e. The first-order chi connectivity index (χ1) is 6.61. The van der Waals surface area contributed by atoms with Gasteiger partial charge in [-0.15, -0.1) is 0 Å². The molecule has 2 heteroatoms. The lowest BCUT2D eigenvalue weighted by molar-refractivity contribution is -0.132. The lowest BCUT2D eigenvalue weighted by atomic mass is 10.0. The highest BCUT2D eigenvalue weighted by Gasteiger charge is 2.04. The number of carboxylic acid groups (broad SMARTS) is 1. The second-order valence-corrected chi connectivity index (χ2v) is 3.34. The van der Waals surface area contributed by atoms with Crippen LogP contribution in [-0.2, 0) is 11.2 Å². The number of aryl methyl sites for hydroxylation is 2. The van der Waals surface area contributed by atoms with E-state index in [0.717, 1.165) is 6.42 Å². The minimum absolute atomic E-state index is 0.272. The van der Waals surface area contributed by atoms with Gasteiger partial charge in [0, 0.05) is 5.57 Å². The molecule has 0 fully saturated rings. The van der Waals surface area contributed by atoms with Crippen LogP contribution < -0.4 is 0 Å². The number of aliphatic carboxylic acids is 1. The summed E-state index contributed by atoms with van der Waals surface area (Å²) in [5.41, 5.74) is 2.66. The summed E-state index contributed by atoms with van der Waals surface area (Å²) < 4.78 is 0. The highest BCUT2D eigenvalue weighted by atomic mass is 16.4. The monoisotopic (exact) mass is 190 g/mol. The maximum atomic E-state index is 10.5. The molecule has 0 atom stereocenters. The zero-order chi connectivity index (χ0) is 10.6. The van der Waals surface area contributed by atoms with Gasteiger partial charge in [-0.3, -0.25) is 0 Å². The van der Waals surface area contributed by atoms with Crippen molar-refractivity contribution >= 4 is 5.97 Å². The molecule has 0 aliphatic heterocycles. The number of hydrogen-bond donors (Lipinski definition) is 1. The number of carboxylic acids is 1. The zero-order valence-corrected chi connectivity index (χ0v) is 8.29. The van der Waals surface area contributed by atoms with Crippen LogP contribution in [0.15, 0.2) is 36.4 Å². The highest BCUT2D eigenvalue weighted by Crippen LogP contribution is 2.12. The van der Waals surface area contributed by atoms with Crippen LogP contribution in [-0.4, -0.2) is 11.1 Å². The first-order valence-corrected chi connectivity index (χ1v) is 4.57. The van der Waals surface area contributed by atoms with Gasteiger partial charge < -0.3 is 5.11 Å². The Morgan fingerprint density at radius 3 is 2.64 bits per heavy atom. The summed E-state index contributed by atoms with van der Waals surface area (Å²) in [5.74, 6) is -0.904. The van der Waals surface area contributed by atoms with Gasteiger partial charge in [-0.2, -0.15) is 0 Å². The molecular weight excluding hydrogens is 176 g/mol. The van der Waals surface area contributed by atoms with Crippen LogP contribution in [0, 0.1) is 6.92 Å². The van der Waals surface area contributed by atoms with Crippen LogP contribution >= 0.6 is 0 Å². The molecule has 0 saturated heterocycles. The molecule has 0 saturated carbocycles. The van der Waals surface area contributed by atoms with E-state index >= 15 is 0 Å². The molecule has 0 amide bonds. The molecule has 1 aromatic carbocycles. The standard InChI is InChI=1S/C12H14O2/c1-9-5-3-4-6-11(9)8-7-10(2)12(13)14/h3-6H,2,7-8H2,1H3,(H,13,14). The Morgan fingerprint density at radius 2 is 2.07 bits per heavy atom. The summed E-state index contributed by atoms with van der Waals surface area (Å²) in [6.45, 7) is 5.53. The SMILES string of the molecule is C=C(CCc1ccccc1C)C(=O)O. The minimum atomic E-state index is -0.904. The van der Waals surface area contributed by atoms with Gasteiger partial charge >= 0.3 is 5.97 Å². The molecule has 0 aliphatic rings. The molecule has 0 bridgehead atoms. The summed E-state index contributed by atoms with van der Waals surface area (Å²) >= 11 is 0. The van der Waals surface area contributed by atoms with Gasteiger partial charge in [0.05, 0.1) is 0 Å². The average molecular weight is 190 g/mol. The topological polar surface area (TPSA) is 37.3 Å². The molecule has 0 aliphatic carbocycles. The van der Waals surface area contributed by atoms with Gasteiger partial charge in [-0.05, 0) is 30.9 Å². The van der Waals surface area contributed by atoms with Crippen LogP contribution in [0.4, 0.5) is 0 Å². The predicted molar refractivity (Wildman–Crippen MR) is 56.3 cm³/mol. The smallest absolute Gasteiger partial charge is 0.330 e. The van der Waals surface area contributed by atoms with Crippen LogP contribution in [0.2, 0.25) is 0 Å². The molecule has 14 heavy (non-hydrogen) atoms. The predicted octanol–water partition coefficient (Wildman–Crippen LogP) is 2.57. The molecule has 2 nitrogen and oxygen atoms in total. The number of rotatable bonds is 4. The van der Waals surface area contributed by atoms with Crippen LogP contribution in [0.3, 0.4) is 0 Å². The van der Waals surface area contributed by atoms with Crippen molar-refractivity contribution in [3.05, 3.63) is 47.5 Å². The Morgan fingerprint density at radius 1 is 1.43 bits per heavy atom. The van der Waals surface area contributed by atoms with Crippen LogP contribution in [0.1, 0.15) is 17.5 Å². The molecule has 1 aromatic rings. The fourth-order valence-corrected chi connectivity index (χ4v) is 1.28. The maximum absolute atomic E-state index is 10.5. The van der Waals surface area contributed by atoms with E-state index in [-0.39, 0.29) is 5.57 Å². The normalized spacial score (nSPS) is 9.79. The number of benzene rings is 1. The highest BCUT2D eigenvalue weighted by molar-refractivity contribution is 5.85. The molecule has 74 valence electrons. The summed E-state index contributed by atoms with van der Waals surface area (Å²) in [4.78, 5) is 10.5. The lowest BCUT2D eigenvalue weighted by Crippen LogP contribution is -2.01. The minimum Gasteiger partial charge on any atom is -0.478 e. The fraction of sp³-hybridized carbons (Fsp3) is 0.250. The van der Waals surface area contributed by atoms with E-state index in [9.17, 15) is 4.79 Å². The van der Waals surface area contributed by atoms with Crippen molar-refractivity contribution in [2.75, 3.05) is 0 Å². The molecule has 1 rings (SSSR count). The van der Waals surface area contributed by atoms with Crippen molar-refractivity contribution in [1.82, 2.24) is 0 Å². The van der Waals surface area contributed by atoms with Crippen LogP contribution in [0.5, 0.6) is 0 Å². The maximum Gasteiger partial charge on any atom is 0.330 e. The van der Waals surface area contributed by atoms with Crippen molar-refractivity contribution in [2.24, 2.45) is 0 Å². The van der Waals surface area contributed by atoms with E-state index in [1.165, 1.54) is 11.1 Å². The van der Waals surface area contributed by atoms with Gasteiger partial charge in [-0.25, -0.2) is 4.79 Å². The second-order valence-electron chi connectivity index (χ2n) is 3.34. The molecule has 0 radical (unpaired) electrons. The van der Waals surface area contributed by atoms with E-state index in [4.69, 9.17) is 5.11 Å². The molecule has 1 N–H and O–H groups in total. The third-order valence-corrected chi connectivity index (χ3v) is 2.26. The number of hydrogen-bond acceptors (Lipinski definition) is 1. The quantitative estimate of drug-likeness (QED) is 0.741. The summed E-state index contributed by atoms with van der Waals surface area (Å²) in [5, 5.41) is 8.63. The van der Waals surface area contributed by atoms with E-state index < -0.39 is 5.97 Å². The van der Waals surface area contributed by atoms with E-state index in [1.54, 1.807) is 0 Å².